The highest BCUT2D eigenvalue weighted by molar-refractivity contribution is 7.10. The zero-order valence-corrected chi connectivity index (χ0v) is 11.7. The summed E-state index contributed by atoms with van der Waals surface area (Å²) in [5.74, 6) is -0.774. The van der Waals surface area contributed by atoms with Gasteiger partial charge in [-0.05, 0) is 41.8 Å². The van der Waals surface area contributed by atoms with Gasteiger partial charge in [0, 0.05) is 9.90 Å². The first kappa shape index (κ1) is 12.9. The van der Waals surface area contributed by atoms with Crippen molar-refractivity contribution in [1.29, 1.82) is 0 Å². The molecule has 0 aliphatic carbocycles. The Hall–Kier alpha value is -2.11. The molecule has 4 nitrogen and oxygen atoms in total. The smallest absolute Gasteiger partial charge is 0.267 e. The van der Waals surface area contributed by atoms with Crippen molar-refractivity contribution in [2.24, 2.45) is 0 Å². The maximum Gasteiger partial charge on any atom is 0.282 e. The van der Waals surface area contributed by atoms with Gasteiger partial charge in [0.25, 0.3) is 11.8 Å². The molecule has 1 saturated heterocycles. The van der Waals surface area contributed by atoms with Crippen molar-refractivity contribution in [3.05, 3.63) is 57.3 Å². The molecule has 1 fully saturated rings. The fourth-order valence-electron chi connectivity index (χ4n) is 1.85. The molecule has 0 bridgehead atoms. The van der Waals surface area contributed by atoms with Crippen LogP contribution >= 0.6 is 22.9 Å². The highest BCUT2D eigenvalue weighted by Gasteiger charge is 2.34. The summed E-state index contributed by atoms with van der Waals surface area (Å²) in [5.41, 5.74) is 3.24. The molecule has 1 aliphatic rings. The summed E-state index contributed by atoms with van der Waals surface area (Å²) in [4.78, 5) is 25.0. The van der Waals surface area contributed by atoms with Gasteiger partial charge in [-0.3, -0.25) is 15.0 Å². The number of carbonyl (C=O) groups is 2. The van der Waals surface area contributed by atoms with Crippen molar-refractivity contribution in [3.8, 4) is 0 Å². The van der Waals surface area contributed by atoms with Gasteiger partial charge in [-0.1, -0.05) is 17.7 Å². The summed E-state index contributed by atoms with van der Waals surface area (Å²) in [5, 5.41) is 3.68. The van der Waals surface area contributed by atoms with E-state index in [2.05, 4.69) is 5.43 Å². The normalized spacial score (nSPS) is 16.9. The number of benzene rings is 1. The average Bonchev–Trinajstić information content (AvgIpc) is 3.04. The predicted octanol–water partition coefficient (Wildman–Crippen LogP) is 2.86. The van der Waals surface area contributed by atoms with E-state index in [4.69, 9.17) is 11.6 Å². The van der Waals surface area contributed by atoms with Crippen LogP contribution in [0.1, 0.15) is 4.88 Å². The minimum absolute atomic E-state index is 0.127. The minimum Gasteiger partial charge on any atom is -0.267 e. The van der Waals surface area contributed by atoms with Gasteiger partial charge in [0.2, 0.25) is 0 Å². The van der Waals surface area contributed by atoms with Gasteiger partial charge in [-0.15, -0.1) is 11.3 Å². The molecular weight excluding hydrogens is 296 g/mol. The Morgan fingerprint density at radius 1 is 1.15 bits per heavy atom. The quantitative estimate of drug-likeness (QED) is 0.685. The maximum atomic E-state index is 12.3. The van der Waals surface area contributed by atoms with Crippen LogP contribution < -0.4 is 10.4 Å². The Balaban J connectivity index is 1.92. The third kappa shape index (κ3) is 2.33. The van der Waals surface area contributed by atoms with E-state index in [1.54, 1.807) is 30.3 Å². The first-order valence-electron chi connectivity index (χ1n) is 5.81. The minimum atomic E-state index is -0.404. The summed E-state index contributed by atoms with van der Waals surface area (Å²) in [7, 11) is 0. The van der Waals surface area contributed by atoms with E-state index in [1.807, 2.05) is 17.5 Å². The maximum absolute atomic E-state index is 12.3. The van der Waals surface area contributed by atoms with E-state index in [9.17, 15) is 9.59 Å². The summed E-state index contributed by atoms with van der Waals surface area (Å²) in [6.45, 7) is 0. The summed E-state index contributed by atoms with van der Waals surface area (Å²) < 4.78 is 0. The molecule has 1 aromatic heterocycles. The molecule has 20 heavy (non-hydrogen) atoms. The third-order valence-electron chi connectivity index (χ3n) is 2.81. The number of anilines is 1. The lowest BCUT2D eigenvalue weighted by atomic mass is 10.2. The zero-order chi connectivity index (χ0) is 14.1. The van der Waals surface area contributed by atoms with E-state index in [0.29, 0.717) is 10.7 Å². The van der Waals surface area contributed by atoms with E-state index in [1.165, 1.54) is 16.3 Å². The molecule has 0 spiro atoms. The molecule has 0 radical (unpaired) electrons. The Labute approximate surface area is 124 Å². The SMILES string of the molecule is O=C1NN(c2ccc(Cl)cc2)C(=O)/C1=C/c1cccs1. The van der Waals surface area contributed by atoms with Crippen LogP contribution in [0.4, 0.5) is 5.69 Å². The molecule has 1 N–H and O–H groups in total. The van der Waals surface area contributed by atoms with Crippen molar-refractivity contribution in [3.63, 3.8) is 0 Å². The van der Waals surface area contributed by atoms with Crippen LogP contribution in [-0.2, 0) is 9.59 Å². The molecule has 6 heteroatoms. The van der Waals surface area contributed by atoms with Crippen molar-refractivity contribution in [1.82, 2.24) is 5.43 Å². The number of hydrazine groups is 1. The molecule has 3 rings (SSSR count). The van der Waals surface area contributed by atoms with E-state index >= 15 is 0 Å². The van der Waals surface area contributed by atoms with Crippen LogP contribution in [0.5, 0.6) is 0 Å². The van der Waals surface area contributed by atoms with Crippen molar-refractivity contribution in [2.45, 2.75) is 0 Å². The molecule has 100 valence electrons. The van der Waals surface area contributed by atoms with Crippen LogP contribution in [-0.4, -0.2) is 11.8 Å². The molecule has 2 heterocycles. The molecule has 1 aliphatic heterocycles. The van der Waals surface area contributed by atoms with Crippen LogP contribution in [0.15, 0.2) is 47.4 Å². The lowest BCUT2D eigenvalue weighted by Gasteiger charge is -2.14. The van der Waals surface area contributed by atoms with E-state index in [-0.39, 0.29) is 11.5 Å². The van der Waals surface area contributed by atoms with Crippen LogP contribution in [0.25, 0.3) is 6.08 Å². The first-order valence-corrected chi connectivity index (χ1v) is 7.07. The van der Waals surface area contributed by atoms with Gasteiger partial charge < -0.3 is 0 Å². The van der Waals surface area contributed by atoms with Crippen LogP contribution in [0, 0.1) is 0 Å². The van der Waals surface area contributed by atoms with E-state index in [0.717, 1.165) is 4.88 Å². The fraction of sp³-hybridized carbons (Fsp3) is 0. The molecule has 0 saturated carbocycles. The van der Waals surface area contributed by atoms with Crippen molar-refractivity contribution in [2.75, 3.05) is 5.01 Å². The highest BCUT2D eigenvalue weighted by Crippen LogP contribution is 2.23. The van der Waals surface area contributed by atoms with Crippen molar-refractivity contribution < 1.29 is 9.59 Å². The Morgan fingerprint density at radius 2 is 1.90 bits per heavy atom. The molecular formula is C14H9ClN2O2S. The number of halogens is 1. The zero-order valence-electron chi connectivity index (χ0n) is 10.2. The number of rotatable bonds is 2. The first-order chi connectivity index (χ1) is 9.65. The second-order valence-corrected chi connectivity index (χ2v) is 5.55. The van der Waals surface area contributed by atoms with Gasteiger partial charge in [0.05, 0.1) is 5.69 Å². The molecule has 0 atom stereocenters. The number of hydrogen-bond donors (Lipinski definition) is 1. The lowest BCUT2D eigenvalue weighted by Crippen LogP contribution is -2.35. The van der Waals surface area contributed by atoms with E-state index < -0.39 is 5.91 Å². The number of carbonyl (C=O) groups excluding carboxylic acids is 2. The molecule has 2 aromatic rings. The van der Waals surface area contributed by atoms with Gasteiger partial charge in [-0.2, -0.15) is 0 Å². The number of thiophene rings is 1. The Morgan fingerprint density at radius 3 is 2.55 bits per heavy atom. The molecule has 0 unspecified atom stereocenters. The second kappa shape index (κ2) is 5.11. The highest BCUT2D eigenvalue weighted by atomic mass is 35.5. The topological polar surface area (TPSA) is 49.4 Å². The number of hydrogen-bond acceptors (Lipinski definition) is 3. The van der Waals surface area contributed by atoms with Gasteiger partial charge >= 0.3 is 0 Å². The number of nitrogens with zero attached hydrogens (tertiary/aromatic N) is 1. The molecule has 1 aromatic carbocycles. The predicted molar refractivity (Wildman–Crippen MR) is 79.4 cm³/mol. The standard InChI is InChI=1S/C14H9ClN2O2S/c15-9-3-5-10(6-4-9)17-14(19)12(13(18)16-17)8-11-2-1-7-20-11/h1-8H,(H,16,18)/b12-8+. The monoisotopic (exact) mass is 304 g/mol. The van der Waals surface area contributed by atoms with Crippen LogP contribution in [0.3, 0.4) is 0 Å². The molecule has 2 amide bonds. The summed E-state index contributed by atoms with van der Waals surface area (Å²) in [6, 6.07) is 10.4. The van der Waals surface area contributed by atoms with Crippen LogP contribution in [0.2, 0.25) is 5.02 Å². The lowest BCUT2D eigenvalue weighted by molar-refractivity contribution is -0.117. The summed E-state index contributed by atoms with van der Waals surface area (Å²) in [6.07, 6.45) is 1.60. The van der Waals surface area contributed by atoms with Crippen molar-refractivity contribution >= 4 is 46.5 Å². The number of amides is 2. The van der Waals surface area contributed by atoms with Gasteiger partial charge in [-0.25, -0.2) is 5.01 Å². The average molecular weight is 305 g/mol. The summed E-state index contributed by atoms with van der Waals surface area (Å²) >= 11 is 7.27. The Kier molecular flexibility index (Phi) is 3.30. The Bertz CT molecular complexity index is 692. The third-order valence-corrected chi connectivity index (χ3v) is 3.88. The number of nitrogens with one attached hydrogen (secondary N) is 1. The second-order valence-electron chi connectivity index (χ2n) is 4.13. The van der Waals surface area contributed by atoms with Gasteiger partial charge in [0.1, 0.15) is 5.57 Å². The van der Waals surface area contributed by atoms with Gasteiger partial charge in [0.15, 0.2) is 0 Å². The fourth-order valence-corrected chi connectivity index (χ4v) is 2.63. The largest absolute Gasteiger partial charge is 0.282 e.